The van der Waals surface area contributed by atoms with E-state index in [-0.39, 0.29) is 0 Å². The van der Waals surface area contributed by atoms with Crippen molar-refractivity contribution in [2.45, 2.75) is 57.3 Å². The minimum atomic E-state index is 0.563. The van der Waals surface area contributed by atoms with Crippen LogP contribution in [-0.2, 0) is 24.6 Å². The number of hydrogen-bond acceptors (Lipinski definition) is 1. The van der Waals surface area contributed by atoms with E-state index in [2.05, 4.69) is 30.9 Å². The Morgan fingerprint density at radius 3 is 1.75 bits per heavy atom. The monoisotopic (exact) mass is 313 g/mol. The topological polar surface area (TPSA) is 3.24 Å². The summed E-state index contributed by atoms with van der Waals surface area (Å²) >= 11 is 12.1. The molecule has 0 aliphatic heterocycles. The highest BCUT2D eigenvalue weighted by Crippen LogP contribution is 2.30. The summed E-state index contributed by atoms with van der Waals surface area (Å²) in [5.74, 6) is 1.13. The molecule has 0 bridgehead atoms. The lowest BCUT2D eigenvalue weighted by Crippen LogP contribution is -2.37. The zero-order valence-electron chi connectivity index (χ0n) is 12.6. The molecule has 0 saturated heterocycles. The predicted molar refractivity (Wildman–Crippen MR) is 88.9 cm³/mol. The van der Waals surface area contributed by atoms with Gasteiger partial charge in [-0.2, -0.15) is 0 Å². The summed E-state index contributed by atoms with van der Waals surface area (Å²) in [6, 6.07) is 5.24. The maximum atomic E-state index is 6.04. The Balaban J connectivity index is 2.17. The molecule has 0 N–H and O–H groups in total. The van der Waals surface area contributed by atoms with Gasteiger partial charge in [-0.25, -0.2) is 0 Å². The molecular formula is C17H25Cl2N. The number of alkyl halides is 2. The van der Waals surface area contributed by atoms with Gasteiger partial charge in [0.1, 0.15) is 0 Å². The first-order valence-corrected chi connectivity index (χ1v) is 8.79. The molecule has 0 amide bonds. The number of rotatable bonds is 7. The highest BCUT2D eigenvalue weighted by molar-refractivity contribution is 6.18. The molecule has 0 atom stereocenters. The second kappa shape index (κ2) is 7.68. The first kappa shape index (κ1) is 16.1. The molecule has 0 aromatic heterocycles. The molecule has 3 heteroatoms. The van der Waals surface area contributed by atoms with Gasteiger partial charge in [0.2, 0.25) is 0 Å². The second-order valence-electron chi connectivity index (χ2n) is 5.75. The SMILES string of the molecule is CCCN(CCC)C1Cc2cc(CCl)c(CCl)cc2C1. The molecule has 0 saturated carbocycles. The second-order valence-corrected chi connectivity index (χ2v) is 6.29. The molecule has 1 aromatic rings. The van der Waals surface area contributed by atoms with E-state index in [1.54, 1.807) is 0 Å². The fraction of sp³-hybridized carbons (Fsp3) is 0.647. The van der Waals surface area contributed by atoms with Gasteiger partial charge in [0.15, 0.2) is 0 Å². The van der Waals surface area contributed by atoms with Crippen molar-refractivity contribution in [3.63, 3.8) is 0 Å². The summed E-state index contributed by atoms with van der Waals surface area (Å²) in [5, 5.41) is 0. The third-order valence-electron chi connectivity index (χ3n) is 4.26. The van der Waals surface area contributed by atoms with Crippen molar-refractivity contribution in [1.82, 2.24) is 4.90 Å². The Hall–Kier alpha value is -0.240. The van der Waals surface area contributed by atoms with E-state index in [0.717, 1.165) is 0 Å². The molecular weight excluding hydrogens is 289 g/mol. The van der Waals surface area contributed by atoms with Crippen molar-refractivity contribution in [1.29, 1.82) is 0 Å². The molecule has 1 nitrogen and oxygen atoms in total. The van der Waals surface area contributed by atoms with Crippen LogP contribution in [0.1, 0.15) is 48.9 Å². The number of fused-ring (bicyclic) bond motifs is 1. The Kier molecular flexibility index (Phi) is 6.20. The highest BCUT2D eigenvalue weighted by atomic mass is 35.5. The molecule has 0 heterocycles. The maximum Gasteiger partial charge on any atom is 0.0477 e. The van der Waals surface area contributed by atoms with Crippen LogP contribution < -0.4 is 0 Å². The molecule has 20 heavy (non-hydrogen) atoms. The average Bonchev–Trinajstić information content (AvgIpc) is 2.88. The van der Waals surface area contributed by atoms with E-state index >= 15 is 0 Å². The van der Waals surface area contributed by atoms with Gasteiger partial charge in [-0.3, -0.25) is 4.90 Å². The first-order valence-electron chi connectivity index (χ1n) is 7.72. The van der Waals surface area contributed by atoms with Gasteiger partial charge in [0.25, 0.3) is 0 Å². The number of nitrogens with zero attached hydrogens (tertiary/aromatic N) is 1. The lowest BCUT2D eigenvalue weighted by molar-refractivity contribution is 0.202. The van der Waals surface area contributed by atoms with E-state index in [1.807, 2.05) is 0 Å². The van der Waals surface area contributed by atoms with Gasteiger partial charge < -0.3 is 0 Å². The van der Waals surface area contributed by atoms with E-state index in [1.165, 1.54) is 61.0 Å². The highest BCUT2D eigenvalue weighted by Gasteiger charge is 2.26. The van der Waals surface area contributed by atoms with Crippen molar-refractivity contribution in [3.05, 3.63) is 34.4 Å². The molecule has 1 aliphatic rings. The molecule has 112 valence electrons. The smallest absolute Gasteiger partial charge is 0.0477 e. The summed E-state index contributed by atoms with van der Waals surface area (Å²) in [6.45, 7) is 6.94. The van der Waals surface area contributed by atoms with Crippen LogP contribution in [-0.4, -0.2) is 24.0 Å². The third-order valence-corrected chi connectivity index (χ3v) is 4.83. The molecule has 1 aromatic carbocycles. The fourth-order valence-electron chi connectivity index (χ4n) is 3.31. The van der Waals surface area contributed by atoms with Crippen LogP contribution >= 0.6 is 23.2 Å². The molecule has 1 aliphatic carbocycles. The largest absolute Gasteiger partial charge is 0.300 e. The van der Waals surface area contributed by atoms with Crippen LogP contribution in [0.2, 0.25) is 0 Å². The van der Waals surface area contributed by atoms with Crippen LogP contribution in [0.15, 0.2) is 12.1 Å². The molecule has 0 spiro atoms. The number of hydrogen-bond donors (Lipinski definition) is 0. The van der Waals surface area contributed by atoms with E-state index < -0.39 is 0 Å². The standard InChI is InChI=1S/C17H25Cl2N/c1-3-5-20(6-4-2)17-9-13-7-15(11-18)16(12-19)8-14(13)10-17/h7-8,17H,3-6,9-12H2,1-2H3. The lowest BCUT2D eigenvalue weighted by atomic mass is 10.0. The Bertz CT molecular complexity index is 406. The number of benzene rings is 1. The van der Waals surface area contributed by atoms with Gasteiger partial charge in [-0.1, -0.05) is 26.0 Å². The molecule has 0 unspecified atom stereocenters. The minimum Gasteiger partial charge on any atom is -0.300 e. The Morgan fingerprint density at radius 1 is 0.950 bits per heavy atom. The Labute approximate surface area is 133 Å². The average molecular weight is 314 g/mol. The normalized spacial score (nSPS) is 15.1. The van der Waals surface area contributed by atoms with Crippen molar-refractivity contribution in [2.24, 2.45) is 0 Å². The van der Waals surface area contributed by atoms with Gasteiger partial charge in [-0.15, -0.1) is 23.2 Å². The van der Waals surface area contributed by atoms with Gasteiger partial charge in [-0.05, 0) is 61.0 Å². The predicted octanol–water partition coefficient (Wildman–Crippen LogP) is 4.75. The van der Waals surface area contributed by atoms with Crippen LogP contribution in [0.4, 0.5) is 0 Å². The summed E-state index contributed by atoms with van der Waals surface area (Å²) < 4.78 is 0. The summed E-state index contributed by atoms with van der Waals surface area (Å²) in [6.07, 6.45) is 4.79. The zero-order valence-corrected chi connectivity index (χ0v) is 14.1. The number of halogens is 2. The van der Waals surface area contributed by atoms with Crippen molar-refractivity contribution in [3.8, 4) is 0 Å². The quantitative estimate of drug-likeness (QED) is 0.656. The van der Waals surface area contributed by atoms with Crippen molar-refractivity contribution < 1.29 is 0 Å². The third kappa shape index (κ3) is 3.50. The maximum absolute atomic E-state index is 6.04. The summed E-state index contributed by atoms with van der Waals surface area (Å²) in [4.78, 5) is 2.65. The minimum absolute atomic E-state index is 0.563. The van der Waals surface area contributed by atoms with E-state index in [4.69, 9.17) is 23.2 Å². The van der Waals surface area contributed by atoms with Crippen LogP contribution in [0.5, 0.6) is 0 Å². The van der Waals surface area contributed by atoms with Crippen molar-refractivity contribution in [2.75, 3.05) is 13.1 Å². The van der Waals surface area contributed by atoms with Crippen molar-refractivity contribution >= 4 is 23.2 Å². The molecule has 0 radical (unpaired) electrons. The van der Waals surface area contributed by atoms with E-state index in [0.29, 0.717) is 17.8 Å². The summed E-state index contributed by atoms with van der Waals surface area (Å²) in [5.41, 5.74) is 5.38. The zero-order chi connectivity index (χ0) is 14.5. The van der Waals surface area contributed by atoms with Gasteiger partial charge in [0.05, 0.1) is 0 Å². The van der Waals surface area contributed by atoms with E-state index in [9.17, 15) is 0 Å². The molecule has 0 fully saturated rings. The summed E-state index contributed by atoms with van der Waals surface area (Å²) in [7, 11) is 0. The van der Waals surface area contributed by atoms with Gasteiger partial charge in [0, 0.05) is 17.8 Å². The Morgan fingerprint density at radius 2 is 1.40 bits per heavy atom. The van der Waals surface area contributed by atoms with Crippen LogP contribution in [0.25, 0.3) is 0 Å². The lowest BCUT2D eigenvalue weighted by Gasteiger charge is -2.27. The molecule has 2 rings (SSSR count). The van der Waals surface area contributed by atoms with Gasteiger partial charge >= 0.3 is 0 Å². The fourth-order valence-corrected chi connectivity index (χ4v) is 3.81. The first-order chi connectivity index (χ1) is 9.73. The van der Waals surface area contributed by atoms with Crippen LogP contribution in [0.3, 0.4) is 0 Å². The van der Waals surface area contributed by atoms with Crippen LogP contribution in [0, 0.1) is 0 Å².